The molecule has 1 amide bonds. The lowest BCUT2D eigenvalue weighted by Gasteiger charge is -2.29. The fourth-order valence-corrected chi connectivity index (χ4v) is 2.83. The van der Waals surface area contributed by atoms with Gasteiger partial charge in [-0.3, -0.25) is 9.08 Å². The summed E-state index contributed by atoms with van der Waals surface area (Å²) in [5, 5.41) is 2.21. The van der Waals surface area contributed by atoms with E-state index in [-0.39, 0.29) is 11.8 Å². The van der Waals surface area contributed by atoms with Crippen LogP contribution in [0.25, 0.3) is 0 Å². The second kappa shape index (κ2) is 8.96. The third kappa shape index (κ3) is 4.75. The van der Waals surface area contributed by atoms with Crippen LogP contribution in [0.3, 0.4) is 0 Å². The lowest BCUT2D eigenvalue weighted by Crippen LogP contribution is -2.36. The van der Waals surface area contributed by atoms with Gasteiger partial charge in [-0.15, -0.1) is 4.91 Å². The minimum absolute atomic E-state index is 0.0647. The molecule has 1 fully saturated rings. The number of anilines is 1. The molecule has 10 heteroatoms. The number of amides is 1. The lowest BCUT2D eigenvalue weighted by molar-refractivity contribution is -0.119. The molecule has 0 aromatic heterocycles. The van der Waals surface area contributed by atoms with Crippen molar-refractivity contribution >= 4 is 30.2 Å². The first-order valence-electron chi connectivity index (χ1n) is 7.35. The zero-order chi connectivity index (χ0) is 17.4. The van der Waals surface area contributed by atoms with Crippen molar-refractivity contribution < 1.29 is 13.8 Å². The van der Waals surface area contributed by atoms with Gasteiger partial charge in [0.05, 0.1) is 12.2 Å². The van der Waals surface area contributed by atoms with Crippen LogP contribution in [-0.4, -0.2) is 36.8 Å². The Hall–Kier alpha value is -2.49. The second-order valence-corrected chi connectivity index (χ2v) is 5.82. The number of amidine groups is 1. The molecule has 1 aromatic carbocycles. The van der Waals surface area contributed by atoms with Crippen molar-refractivity contribution in [1.82, 2.24) is 4.90 Å². The van der Waals surface area contributed by atoms with Crippen molar-refractivity contribution in [2.45, 2.75) is 12.8 Å². The molecule has 1 aliphatic heterocycles. The molecule has 0 aliphatic carbocycles. The van der Waals surface area contributed by atoms with Crippen LogP contribution < -0.4 is 16.2 Å². The molecule has 1 unspecified atom stereocenters. The summed E-state index contributed by atoms with van der Waals surface area (Å²) in [5.41, 5.74) is 12.7. The van der Waals surface area contributed by atoms with Crippen LogP contribution in [0.5, 0.6) is 5.75 Å². The highest BCUT2D eigenvalue weighted by Gasteiger charge is 2.20. The zero-order valence-corrected chi connectivity index (χ0v) is 13.8. The number of hydrogen-bond donors (Lipinski definition) is 2. The van der Waals surface area contributed by atoms with E-state index in [1.165, 1.54) is 0 Å². The fourth-order valence-electron chi connectivity index (χ4n) is 2.60. The fraction of sp³-hybridized carbons (Fsp3) is 0.429. The van der Waals surface area contributed by atoms with E-state index in [0.29, 0.717) is 42.4 Å². The zero-order valence-electron chi connectivity index (χ0n) is 13.0. The van der Waals surface area contributed by atoms with Gasteiger partial charge in [0.15, 0.2) is 5.34 Å². The van der Waals surface area contributed by atoms with Crippen molar-refractivity contribution in [3.05, 3.63) is 28.7 Å². The summed E-state index contributed by atoms with van der Waals surface area (Å²) in [4.78, 5) is 22.5. The minimum atomic E-state index is 0.0647. The third-order valence-electron chi connectivity index (χ3n) is 3.69. The molecule has 0 spiro atoms. The maximum Gasteiger partial charge on any atom is 0.237 e. The number of hydrogen-bond acceptors (Lipinski definition) is 8. The molecule has 0 saturated carbocycles. The molecule has 1 aromatic rings. The van der Waals surface area contributed by atoms with Crippen LogP contribution in [0.15, 0.2) is 27.9 Å². The number of benzene rings is 1. The van der Waals surface area contributed by atoms with Crippen molar-refractivity contribution in [2.75, 3.05) is 25.4 Å². The monoisotopic (exact) mass is 353 g/mol. The van der Waals surface area contributed by atoms with Gasteiger partial charge >= 0.3 is 0 Å². The predicted octanol–water partition coefficient (Wildman–Crippen LogP) is 1.48. The Morgan fingerprint density at radius 2 is 2.33 bits per heavy atom. The van der Waals surface area contributed by atoms with Gasteiger partial charge in [0.1, 0.15) is 11.6 Å². The number of carbonyl (C=O) groups excluding carboxylic acids is 1. The van der Waals surface area contributed by atoms with E-state index < -0.39 is 0 Å². The van der Waals surface area contributed by atoms with Gasteiger partial charge in [-0.2, -0.15) is 4.40 Å². The van der Waals surface area contributed by atoms with Crippen molar-refractivity contribution in [3.63, 3.8) is 0 Å². The first kappa shape index (κ1) is 17.9. The summed E-state index contributed by atoms with van der Waals surface area (Å²) in [6, 6.07) is 5.15. The quantitative estimate of drug-likeness (QED) is 0.0832. The average Bonchev–Trinajstić information content (AvgIpc) is 2.60. The topological polar surface area (TPSA) is 133 Å². The molecule has 9 nitrogen and oxygen atoms in total. The van der Waals surface area contributed by atoms with Crippen LogP contribution in [0.1, 0.15) is 18.4 Å². The standard InChI is InChI=1S/C14H19N5O4S/c15-11-4-1-5-12(13(11)14(16)17-24-23-18-21)22-8-10-3-2-6-19(7-10)9-20/h1,4-5,9-10H,2-3,6-8,15H2,(H2,16,17). The summed E-state index contributed by atoms with van der Waals surface area (Å²) < 4.78 is 13.8. The van der Waals surface area contributed by atoms with Crippen molar-refractivity contribution in [3.8, 4) is 5.75 Å². The predicted molar refractivity (Wildman–Crippen MR) is 91.9 cm³/mol. The number of likely N-dealkylation sites (tertiary alicyclic amines) is 1. The van der Waals surface area contributed by atoms with Gasteiger partial charge in [0, 0.05) is 24.7 Å². The van der Waals surface area contributed by atoms with E-state index in [0.717, 1.165) is 25.8 Å². The Kier molecular flexibility index (Phi) is 6.67. The molecular weight excluding hydrogens is 334 g/mol. The molecule has 130 valence electrons. The Morgan fingerprint density at radius 3 is 3.08 bits per heavy atom. The van der Waals surface area contributed by atoms with Crippen LogP contribution in [0, 0.1) is 10.8 Å². The minimum Gasteiger partial charge on any atom is -0.492 e. The third-order valence-corrected chi connectivity index (χ3v) is 4.09. The maximum atomic E-state index is 10.9. The molecular formula is C14H19N5O4S. The Morgan fingerprint density at radius 1 is 1.50 bits per heavy atom. The first-order valence-corrected chi connectivity index (χ1v) is 8.05. The summed E-state index contributed by atoms with van der Waals surface area (Å²) >= 11 is 0.450. The van der Waals surface area contributed by atoms with E-state index >= 15 is 0 Å². The summed E-state index contributed by atoms with van der Waals surface area (Å²) in [6.07, 6.45) is 2.80. The molecule has 2 rings (SSSR count). The molecule has 1 heterocycles. The SMILES string of the molecule is NC(=NSON=O)c1c(N)cccc1OCC1CCCN(C=O)C1. The number of nitrogens with zero attached hydrogens (tertiary/aromatic N) is 3. The smallest absolute Gasteiger partial charge is 0.237 e. The second-order valence-electron chi connectivity index (χ2n) is 5.34. The normalized spacial score (nSPS) is 18.1. The number of carbonyl (C=O) groups is 1. The molecule has 1 atom stereocenters. The summed E-state index contributed by atoms with van der Waals surface area (Å²) in [6.45, 7) is 1.89. The molecule has 0 bridgehead atoms. The van der Waals surface area contributed by atoms with Crippen LogP contribution in [-0.2, 0) is 9.08 Å². The Bertz CT molecular complexity index is 613. The summed E-state index contributed by atoms with van der Waals surface area (Å²) in [5.74, 6) is 0.794. The lowest BCUT2D eigenvalue weighted by atomic mass is 9.99. The molecule has 4 N–H and O–H groups in total. The molecule has 1 aliphatic rings. The number of nitrogen functional groups attached to an aromatic ring is 1. The highest BCUT2D eigenvalue weighted by molar-refractivity contribution is 7.93. The molecule has 24 heavy (non-hydrogen) atoms. The number of ether oxygens (including phenoxy) is 1. The maximum absolute atomic E-state index is 10.9. The van der Waals surface area contributed by atoms with Gasteiger partial charge in [-0.1, -0.05) is 6.07 Å². The highest BCUT2D eigenvalue weighted by Crippen LogP contribution is 2.26. The number of piperidine rings is 1. The molecule has 1 saturated heterocycles. The molecule has 0 radical (unpaired) electrons. The van der Waals surface area contributed by atoms with E-state index in [2.05, 4.69) is 14.0 Å². The summed E-state index contributed by atoms with van der Waals surface area (Å²) in [7, 11) is 0. The van der Waals surface area contributed by atoms with E-state index in [4.69, 9.17) is 16.2 Å². The van der Waals surface area contributed by atoms with Gasteiger partial charge in [-0.05, 0) is 25.0 Å². The van der Waals surface area contributed by atoms with Crippen LogP contribution in [0.2, 0.25) is 0 Å². The van der Waals surface area contributed by atoms with Crippen LogP contribution in [0.4, 0.5) is 5.69 Å². The highest BCUT2D eigenvalue weighted by atomic mass is 32.2. The Balaban J connectivity index is 2.07. The van der Waals surface area contributed by atoms with Gasteiger partial charge < -0.3 is 21.1 Å². The average molecular weight is 353 g/mol. The number of rotatable bonds is 8. The van der Waals surface area contributed by atoms with Crippen molar-refractivity contribution in [2.24, 2.45) is 21.4 Å². The van der Waals surface area contributed by atoms with E-state index in [1.807, 2.05) is 0 Å². The van der Waals surface area contributed by atoms with E-state index in [1.54, 1.807) is 23.1 Å². The Labute approximate surface area is 143 Å². The van der Waals surface area contributed by atoms with Gasteiger partial charge in [-0.25, -0.2) is 0 Å². The largest absolute Gasteiger partial charge is 0.492 e. The number of nitrogens with two attached hydrogens (primary N) is 2. The van der Waals surface area contributed by atoms with Gasteiger partial charge in [0.25, 0.3) is 0 Å². The van der Waals surface area contributed by atoms with E-state index in [9.17, 15) is 9.70 Å². The first-order chi connectivity index (χ1) is 11.7. The van der Waals surface area contributed by atoms with Crippen molar-refractivity contribution in [1.29, 1.82) is 0 Å². The van der Waals surface area contributed by atoms with Gasteiger partial charge in [0.2, 0.25) is 18.6 Å². The van der Waals surface area contributed by atoms with Crippen LogP contribution >= 0.6 is 12.2 Å².